The minimum absolute atomic E-state index is 0.241. The van der Waals surface area contributed by atoms with Crippen LogP contribution in [-0.2, 0) is 6.54 Å². The fourth-order valence-electron chi connectivity index (χ4n) is 1.91. The third kappa shape index (κ3) is 2.84. The van der Waals surface area contributed by atoms with Crippen LogP contribution in [0.25, 0.3) is 0 Å². The molecule has 1 atom stereocenters. The van der Waals surface area contributed by atoms with Crippen molar-refractivity contribution < 1.29 is 0 Å². The second-order valence-corrected chi connectivity index (χ2v) is 6.63. The van der Waals surface area contributed by atoms with Crippen molar-refractivity contribution in [1.29, 1.82) is 0 Å². The van der Waals surface area contributed by atoms with Gasteiger partial charge < -0.3 is 5.32 Å². The van der Waals surface area contributed by atoms with Crippen molar-refractivity contribution in [3.05, 3.63) is 38.3 Å². The van der Waals surface area contributed by atoms with Gasteiger partial charge in [0, 0.05) is 23.2 Å². The second kappa shape index (κ2) is 5.99. The number of hydrogen-bond donors (Lipinski definition) is 1. The molecule has 2 aromatic heterocycles. The molecule has 2 aromatic rings. The lowest BCUT2D eigenvalue weighted by atomic mass is 10.1. The third-order valence-electron chi connectivity index (χ3n) is 2.88. The number of halogens is 1. The van der Waals surface area contributed by atoms with Gasteiger partial charge in [0.2, 0.25) is 0 Å². The normalized spacial score (nSPS) is 12.9. The molecule has 3 nitrogen and oxygen atoms in total. The van der Waals surface area contributed by atoms with Gasteiger partial charge in [0.1, 0.15) is 0 Å². The Balaban J connectivity index is 2.32. The Hall–Kier alpha value is -0.650. The fraction of sp³-hybridized carbons (Fsp3) is 0.462. The Kier molecular flexibility index (Phi) is 4.59. The van der Waals surface area contributed by atoms with Crippen LogP contribution in [-0.4, -0.2) is 16.3 Å². The first-order valence-corrected chi connectivity index (χ1v) is 7.78. The Morgan fingerprint density at radius 2 is 2.28 bits per heavy atom. The summed E-state index contributed by atoms with van der Waals surface area (Å²) in [6.45, 7) is 8.21. The maximum Gasteiger partial charge on any atom is 0.0731 e. The molecule has 5 heteroatoms. The predicted molar refractivity (Wildman–Crippen MR) is 80.2 cm³/mol. The lowest BCUT2D eigenvalue weighted by molar-refractivity contribution is 0.632. The highest BCUT2D eigenvalue weighted by molar-refractivity contribution is 9.11. The van der Waals surface area contributed by atoms with Gasteiger partial charge in [-0.15, -0.1) is 11.3 Å². The summed E-state index contributed by atoms with van der Waals surface area (Å²) >= 11 is 5.39. The van der Waals surface area contributed by atoms with E-state index in [0.29, 0.717) is 0 Å². The second-order valence-electron chi connectivity index (χ2n) is 4.23. The van der Waals surface area contributed by atoms with Crippen molar-refractivity contribution >= 4 is 27.3 Å². The number of hydrogen-bond acceptors (Lipinski definition) is 3. The van der Waals surface area contributed by atoms with Crippen molar-refractivity contribution in [2.24, 2.45) is 0 Å². The quantitative estimate of drug-likeness (QED) is 0.906. The molecule has 0 saturated heterocycles. The van der Waals surface area contributed by atoms with Crippen molar-refractivity contribution in [3.63, 3.8) is 0 Å². The number of aromatic nitrogens is 2. The molecule has 1 unspecified atom stereocenters. The van der Waals surface area contributed by atoms with Gasteiger partial charge in [-0.2, -0.15) is 5.10 Å². The first kappa shape index (κ1) is 13.8. The lowest BCUT2D eigenvalue weighted by Gasteiger charge is -2.14. The summed E-state index contributed by atoms with van der Waals surface area (Å²) in [5, 5.41) is 7.89. The molecule has 0 radical (unpaired) electrons. The molecule has 0 saturated carbocycles. The number of nitrogens with zero attached hydrogens (tertiary/aromatic N) is 2. The zero-order valence-electron chi connectivity index (χ0n) is 10.9. The van der Waals surface area contributed by atoms with Gasteiger partial charge in [0.15, 0.2) is 0 Å². The lowest BCUT2D eigenvalue weighted by Crippen LogP contribution is -2.20. The average Bonchev–Trinajstić information content (AvgIpc) is 2.94. The monoisotopic (exact) mass is 327 g/mol. The van der Waals surface area contributed by atoms with Gasteiger partial charge in [-0.3, -0.25) is 4.68 Å². The zero-order valence-corrected chi connectivity index (χ0v) is 13.3. The molecule has 0 aliphatic heterocycles. The van der Waals surface area contributed by atoms with Crippen LogP contribution >= 0.6 is 27.3 Å². The van der Waals surface area contributed by atoms with E-state index in [4.69, 9.17) is 0 Å². The minimum atomic E-state index is 0.241. The highest BCUT2D eigenvalue weighted by Crippen LogP contribution is 2.34. The van der Waals surface area contributed by atoms with E-state index in [0.717, 1.165) is 13.1 Å². The van der Waals surface area contributed by atoms with Gasteiger partial charge in [-0.05, 0) is 48.0 Å². The van der Waals surface area contributed by atoms with Crippen LogP contribution in [0.15, 0.2) is 22.2 Å². The summed E-state index contributed by atoms with van der Waals surface area (Å²) in [7, 11) is 0. The van der Waals surface area contributed by atoms with Crippen LogP contribution in [0.2, 0.25) is 0 Å². The van der Waals surface area contributed by atoms with Crippen LogP contribution in [0.5, 0.6) is 0 Å². The van der Waals surface area contributed by atoms with Crippen LogP contribution < -0.4 is 5.32 Å². The minimum Gasteiger partial charge on any atom is -0.306 e. The van der Waals surface area contributed by atoms with E-state index >= 15 is 0 Å². The van der Waals surface area contributed by atoms with Crippen LogP contribution in [0.4, 0.5) is 0 Å². The van der Waals surface area contributed by atoms with E-state index in [2.05, 4.69) is 59.4 Å². The molecule has 2 heterocycles. The Morgan fingerprint density at radius 3 is 2.78 bits per heavy atom. The van der Waals surface area contributed by atoms with Crippen LogP contribution in [0, 0.1) is 6.92 Å². The molecule has 18 heavy (non-hydrogen) atoms. The molecule has 0 fully saturated rings. The topological polar surface area (TPSA) is 29.9 Å². The van der Waals surface area contributed by atoms with E-state index in [1.807, 2.05) is 10.9 Å². The van der Waals surface area contributed by atoms with Gasteiger partial charge >= 0.3 is 0 Å². The SMILES string of the molecule is CCNC(c1cnn(CC)c1)c1cc(C)c(Br)s1. The van der Waals surface area contributed by atoms with Crippen LogP contribution in [0.1, 0.15) is 35.9 Å². The van der Waals surface area contributed by atoms with Crippen molar-refractivity contribution in [3.8, 4) is 0 Å². The number of thiophene rings is 1. The third-order valence-corrected chi connectivity index (χ3v) is 5.08. The molecule has 0 aromatic carbocycles. The number of rotatable bonds is 5. The molecule has 0 spiro atoms. The van der Waals surface area contributed by atoms with Crippen LogP contribution in [0.3, 0.4) is 0 Å². The maximum atomic E-state index is 4.36. The molecule has 1 N–H and O–H groups in total. The summed E-state index contributed by atoms with van der Waals surface area (Å²) in [5.41, 5.74) is 2.52. The largest absolute Gasteiger partial charge is 0.306 e. The molecular weight excluding hydrogens is 310 g/mol. The number of nitrogens with one attached hydrogen (secondary N) is 1. The van der Waals surface area contributed by atoms with E-state index < -0.39 is 0 Å². The van der Waals surface area contributed by atoms with Gasteiger partial charge in [-0.25, -0.2) is 0 Å². The highest BCUT2D eigenvalue weighted by Gasteiger charge is 2.18. The number of aryl methyl sites for hydroxylation is 2. The fourth-order valence-corrected chi connectivity index (χ4v) is 3.59. The Labute approximate surface area is 120 Å². The molecule has 0 aliphatic rings. The molecular formula is C13H18BrN3S. The predicted octanol–water partition coefficient (Wildman–Crippen LogP) is 3.73. The smallest absolute Gasteiger partial charge is 0.0731 e. The summed E-state index contributed by atoms with van der Waals surface area (Å²) < 4.78 is 3.18. The van der Waals surface area contributed by atoms with E-state index in [1.54, 1.807) is 11.3 Å². The standard InChI is InChI=1S/C13H18BrN3S/c1-4-15-12(10-7-16-17(5-2)8-10)11-6-9(3)13(14)18-11/h6-8,12,15H,4-5H2,1-3H3. The Morgan fingerprint density at radius 1 is 1.50 bits per heavy atom. The first-order chi connectivity index (χ1) is 8.65. The van der Waals surface area contributed by atoms with E-state index in [-0.39, 0.29) is 6.04 Å². The summed E-state index contributed by atoms with van der Waals surface area (Å²) in [6, 6.07) is 2.48. The van der Waals surface area contributed by atoms with E-state index in [1.165, 1.54) is 19.8 Å². The maximum absolute atomic E-state index is 4.36. The summed E-state index contributed by atoms with van der Waals surface area (Å²) in [5.74, 6) is 0. The van der Waals surface area contributed by atoms with Gasteiger partial charge in [-0.1, -0.05) is 6.92 Å². The van der Waals surface area contributed by atoms with Crippen molar-refractivity contribution in [2.75, 3.05) is 6.54 Å². The molecule has 98 valence electrons. The molecule has 0 bridgehead atoms. The zero-order chi connectivity index (χ0) is 13.1. The van der Waals surface area contributed by atoms with Crippen molar-refractivity contribution in [2.45, 2.75) is 33.4 Å². The first-order valence-electron chi connectivity index (χ1n) is 6.17. The summed E-state index contributed by atoms with van der Waals surface area (Å²) in [4.78, 5) is 1.33. The Bertz CT molecular complexity index is 499. The average molecular weight is 328 g/mol. The molecule has 0 aliphatic carbocycles. The highest BCUT2D eigenvalue weighted by atomic mass is 79.9. The van der Waals surface area contributed by atoms with Gasteiger partial charge in [0.25, 0.3) is 0 Å². The summed E-state index contributed by atoms with van der Waals surface area (Å²) in [6.07, 6.45) is 4.08. The molecule has 2 rings (SSSR count). The van der Waals surface area contributed by atoms with Crippen molar-refractivity contribution in [1.82, 2.24) is 15.1 Å². The van der Waals surface area contributed by atoms with E-state index in [9.17, 15) is 0 Å². The molecule has 0 amide bonds. The van der Waals surface area contributed by atoms with Gasteiger partial charge in [0.05, 0.1) is 16.0 Å².